The molecule has 0 radical (unpaired) electrons. The van der Waals surface area contributed by atoms with Crippen molar-refractivity contribution < 1.29 is 17.7 Å². The summed E-state index contributed by atoms with van der Waals surface area (Å²) in [5, 5.41) is 3.59. The maximum absolute atomic E-state index is 12.3. The number of sulfonamides is 1. The average Bonchev–Trinajstić information content (AvgIpc) is 2.85. The normalized spacial score (nSPS) is 11.5. The minimum Gasteiger partial charge on any atom is -0.492 e. The quantitative estimate of drug-likeness (QED) is 0.758. The van der Waals surface area contributed by atoms with Crippen molar-refractivity contribution >= 4 is 15.7 Å². The highest BCUT2D eigenvalue weighted by atomic mass is 32.2. The van der Waals surface area contributed by atoms with Crippen LogP contribution in [0.5, 0.6) is 5.75 Å². The first-order valence-corrected chi connectivity index (χ1v) is 7.72. The number of benzene rings is 1. The molecular weight excluding hydrogens is 296 g/mol. The lowest BCUT2D eigenvalue weighted by Crippen LogP contribution is -2.24. The molecule has 9 heteroatoms. The number of nitrogens with zero attached hydrogens (tertiary/aromatic N) is 2. The Kier molecular flexibility index (Phi) is 4.43. The van der Waals surface area contributed by atoms with Crippen molar-refractivity contribution in [2.24, 2.45) is 0 Å². The third-order valence-corrected chi connectivity index (χ3v) is 3.96. The molecule has 114 valence electrons. The van der Waals surface area contributed by atoms with Crippen molar-refractivity contribution in [3.05, 3.63) is 29.9 Å². The molecule has 0 spiro atoms. The van der Waals surface area contributed by atoms with E-state index in [0.717, 1.165) is 0 Å². The van der Waals surface area contributed by atoms with Crippen LogP contribution >= 0.6 is 0 Å². The summed E-state index contributed by atoms with van der Waals surface area (Å²) in [6, 6.07) is 4.43. The Labute approximate surface area is 122 Å². The van der Waals surface area contributed by atoms with Gasteiger partial charge in [-0.2, -0.15) is 4.98 Å². The summed E-state index contributed by atoms with van der Waals surface area (Å²) < 4.78 is 37.2. The van der Waals surface area contributed by atoms with Gasteiger partial charge in [0.25, 0.3) is 0 Å². The lowest BCUT2D eigenvalue weighted by Gasteiger charge is -2.11. The van der Waals surface area contributed by atoms with Crippen LogP contribution in [0.1, 0.15) is 18.6 Å². The van der Waals surface area contributed by atoms with Crippen LogP contribution in [-0.4, -0.2) is 25.2 Å². The van der Waals surface area contributed by atoms with Gasteiger partial charge in [0.15, 0.2) is 5.82 Å². The number of rotatable bonds is 6. The summed E-state index contributed by atoms with van der Waals surface area (Å²) in [6.07, 6.45) is 0. The Morgan fingerprint density at radius 1 is 1.43 bits per heavy atom. The highest BCUT2D eigenvalue weighted by molar-refractivity contribution is 7.89. The van der Waals surface area contributed by atoms with Crippen LogP contribution in [-0.2, 0) is 16.6 Å². The lowest BCUT2D eigenvalue weighted by atomic mass is 10.3. The van der Waals surface area contributed by atoms with Gasteiger partial charge in [0.05, 0.1) is 13.2 Å². The van der Waals surface area contributed by atoms with E-state index in [-0.39, 0.29) is 23.1 Å². The molecule has 0 amide bonds. The molecule has 2 rings (SSSR count). The molecule has 0 bridgehead atoms. The standard InChI is InChI=1S/C12H16N4O4S/c1-3-19-10-5-4-9(13)6-11(10)21(17,18)14-7-12-15-8(2)16-20-12/h4-6,14H,3,7,13H2,1-2H3. The van der Waals surface area contributed by atoms with Gasteiger partial charge in [0.2, 0.25) is 15.9 Å². The van der Waals surface area contributed by atoms with Crippen LogP contribution in [0.25, 0.3) is 0 Å². The van der Waals surface area contributed by atoms with Crippen molar-refractivity contribution in [3.63, 3.8) is 0 Å². The zero-order valence-corrected chi connectivity index (χ0v) is 12.5. The summed E-state index contributed by atoms with van der Waals surface area (Å²) in [5.41, 5.74) is 5.97. The third kappa shape index (κ3) is 3.70. The SMILES string of the molecule is CCOc1ccc(N)cc1S(=O)(=O)NCc1nc(C)no1. The largest absolute Gasteiger partial charge is 0.492 e. The molecular formula is C12H16N4O4S. The number of ether oxygens (including phenoxy) is 1. The molecule has 8 nitrogen and oxygen atoms in total. The Morgan fingerprint density at radius 3 is 2.81 bits per heavy atom. The Bertz CT molecular complexity index is 727. The summed E-state index contributed by atoms with van der Waals surface area (Å²) in [7, 11) is -3.81. The Morgan fingerprint density at radius 2 is 2.19 bits per heavy atom. The van der Waals surface area contributed by atoms with Crippen LogP contribution in [0.3, 0.4) is 0 Å². The van der Waals surface area contributed by atoms with Crippen molar-refractivity contribution in [3.8, 4) is 5.75 Å². The number of hydrogen-bond donors (Lipinski definition) is 2. The molecule has 0 aliphatic heterocycles. The molecule has 0 atom stereocenters. The molecule has 0 fully saturated rings. The second kappa shape index (κ2) is 6.10. The highest BCUT2D eigenvalue weighted by Gasteiger charge is 2.21. The first-order chi connectivity index (χ1) is 9.92. The van der Waals surface area contributed by atoms with Gasteiger partial charge in [-0.1, -0.05) is 5.16 Å². The number of aromatic nitrogens is 2. The number of aryl methyl sites for hydroxylation is 1. The van der Waals surface area contributed by atoms with E-state index in [4.69, 9.17) is 15.0 Å². The van der Waals surface area contributed by atoms with E-state index in [1.165, 1.54) is 12.1 Å². The van der Waals surface area contributed by atoms with Gasteiger partial charge in [-0.25, -0.2) is 13.1 Å². The minimum atomic E-state index is -3.81. The van der Waals surface area contributed by atoms with Gasteiger partial charge in [-0.05, 0) is 32.0 Å². The van der Waals surface area contributed by atoms with E-state index in [0.29, 0.717) is 18.1 Å². The van der Waals surface area contributed by atoms with Gasteiger partial charge in [-0.3, -0.25) is 0 Å². The van der Waals surface area contributed by atoms with E-state index in [1.54, 1.807) is 19.9 Å². The molecule has 0 aliphatic rings. The summed E-state index contributed by atoms with van der Waals surface area (Å²) in [4.78, 5) is 3.90. The minimum absolute atomic E-state index is 0.0272. The number of nitrogen functional groups attached to an aromatic ring is 1. The van der Waals surface area contributed by atoms with E-state index >= 15 is 0 Å². The zero-order chi connectivity index (χ0) is 15.5. The molecule has 0 unspecified atom stereocenters. The van der Waals surface area contributed by atoms with Crippen LogP contribution in [0.4, 0.5) is 5.69 Å². The first kappa shape index (κ1) is 15.3. The van der Waals surface area contributed by atoms with Gasteiger partial charge in [0, 0.05) is 5.69 Å². The lowest BCUT2D eigenvalue weighted by molar-refractivity contribution is 0.331. The van der Waals surface area contributed by atoms with Gasteiger partial charge in [-0.15, -0.1) is 0 Å². The second-order valence-electron chi connectivity index (χ2n) is 4.20. The molecule has 21 heavy (non-hydrogen) atoms. The van der Waals surface area contributed by atoms with E-state index < -0.39 is 10.0 Å². The van der Waals surface area contributed by atoms with Gasteiger partial charge < -0.3 is 15.0 Å². The molecule has 0 aliphatic carbocycles. The second-order valence-corrected chi connectivity index (χ2v) is 5.93. The maximum atomic E-state index is 12.3. The van der Waals surface area contributed by atoms with Crippen LogP contribution < -0.4 is 15.2 Å². The molecule has 1 aromatic carbocycles. The number of anilines is 1. The fraction of sp³-hybridized carbons (Fsp3) is 0.333. The highest BCUT2D eigenvalue weighted by Crippen LogP contribution is 2.26. The van der Waals surface area contributed by atoms with Crippen molar-refractivity contribution in [2.75, 3.05) is 12.3 Å². The van der Waals surface area contributed by atoms with E-state index in [2.05, 4.69) is 14.9 Å². The molecule has 0 saturated carbocycles. The number of nitrogens with two attached hydrogens (primary N) is 1. The van der Waals surface area contributed by atoms with Crippen molar-refractivity contribution in [1.29, 1.82) is 0 Å². The zero-order valence-electron chi connectivity index (χ0n) is 11.7. The van der Waals surface area contributed by atoms with Crippen LogP contribution in [0.15, 0.2) is 27.6 Å². The summed E-state index contributed by atoms with van der Waals surface area (Å²) in [6.45, 7) is 3.65. The summed E-state index contributed by atoms with van der Waals surface area (Å²) >= 11 is 0. The monoisotopic (exact) mass is 312 g/mol. The fourth-order valence-electron chi connectivity index (χ4n) is 1.66. The fourth-order valence-corrected chi connectivity index (χ4v) is 2.81. The first-order valence-electron chi connectivity index (χ1n) is 6.23. The van der Waals surface area contributed by atoms with Crippen molar-refractivity contribution in [1.82, 2.24) is 14.9 Å². The summed E-state index contributed by atoms with van der Waals surface area (Å²) in [5.74, 6) is 0.849. The predicted molar refractivity (Wildman–Crippen MR) is 75.1 cm³/mol. The van der Waals surface area contributed by atoms with E-state index in [9.17, 15) is 8.42 Å². The average molecular weight is 312 g/mol. The molecule has 0 saturated heterocycles. The van der Waals surface area contributed by atoms with Gasteiger partial charge in [0.1, 0.15) is 10.6 Å². The van der Waals surface area contributed by atoms with Crippen molar-refractivity contribution in [2.45, 2.75) is 25.3 Å². The topological polar surface area (TPSA) is 120 Å². The predicted octanol–water partition coefficient (Wildman–Crippen LogP) is 0.837. The maximum Gasteiger partial charge on any atom is 0.244 e. The smallest absolute Gasteiger partial charge is 0.244 e. The number of hydrogen-bond acceptors (Lipinski definition) is 7. The molecule has 2 aromatic rings. The Hall–Kier alpha value is -2.13. The van der Waals surface area contributed by atoms with Crippen LogP contribution in [0, 0.1) is 6.92 Å². The third-order valence-electron chi connectivity index (χ3n) is 2.54. The molecule has 1 heterocycles. The van der Waals surface area contributed by atoms with Gasteiger partial charge >= 0.3 is 0 Å². The number of nitrogens with one attached hydrogen (secondary N) is 1. The van der Waals surface area contributed by atoms with E-state index in [1.807, 2.05) is 0 Å². The molecule has 1 aromatic heterocycles. The van der Waals surface area contributed by atoms with Crippen LogP contribution in [0.2, 0.25) is 0 Å². The molecule has 3 N–H and O–H groups in total. The Balaban J connectivity index is 2.24.